The Morgan fingerprint density at radius 3 is 2.79 bits per heavy atom. The number of aliphatic hydroxyl groups is 1. The summed E-state index contributed by atoms with van der Waals surface area (Å²) in [5, 5.41) is 13.5. The van der Waals surface area contributed by atoms with E-state index in [0.717, 1.165) is 19.4 Å². The molecule has 2 atom stereocenters. The third-order valence-electron chi connectivity index (χ3n) is 2.37. The van der Waals surface area contributed by atoms with Crippen molar-refractivity contribution in [1.29, 1.82) is 0 Å². The van der Waals surface area contributed by atoms with Gasteiger partial charge >= 0.3 is 0 Å². The minimum absolute atomic E-state index is 0.237. The average molecular weight is 196 g/mol. The molecule has 0 aliphatic rings. The van der Waals surface area contributed by atoms with Crippen LogP contribution in [0.4, 0.5) is 0 Å². The van der Waals surface area contributed by atoms with Crippen LogP contribution < -0.4 is 0 Å². The van der Waals surface area contributed by atoms with Crippen LogP contribution in [0.15, 0.2) is 12.4 Å². The van der Waals surface area contributed by atoms with Crippen molar-refractivity contribution in [2.24, 2.45) is 0 Å². The van der Waals surface area contributed by atoms with Crippen LogP contribution >= 0.6 is 0 Å². The molecule has 0 saturated carbocycles. The summed E-state index contributed by atoms with van der Waals surface area (Å²) in [7, 11) is 0. The Morgan fingerprint density at radius 2 is 2.21 bits per heavy atom. The number of aliphatic hydroxyl groups excluding tert-OH is 1. The normalized spacial score (nSPS) is 15.4. The topological polar surface area (TPSA) is 38.0 Å². The fourth-order valence-corrected chi connectivity index (χ4v) is 1.63. The van der Waals surface area contributed by atoms with Gasteiger partial charge in [-0.3, -0.25) is 4.68 Å². The van der Waals surface area contributed by atoms with Crippen LogP contribution in [0.5, 0.6) is 0 Å². The molecular weight excluding hydrogens is 176 g/mol. The molecule has 0 radical (unpaired) electrons. The van der Waals surface area contributed by atoms with Crippen LogP contribution in [0, 0.1) is 0 Å². The van der Waals surface area contributed by atoms with E-state index in [0.29, 0.717) is 5.92 Å². The molecule has 0 saturated heterocycles. The molecule has 0 bridgehead atoms. The molecule has 3 nitrogen and oxygen atoms in total. The van der Waals surface area contributed by atoms with E-state index in [2.05, 4.69) is 25.1 Å². The number of aryl methyl sites for hydroxylation is 1. The van der Waals surface area contributed by atoms with Gasteiger partial charge in [-0.05, 0) is 31.2 Å². The fourth-order valence-electron chi connectivity index (χ4n) is 1.63. The van der Waals surface area contributed by atoms with Gasteiger partial charge in [0.1, 0.15) is 0 Å². The lowest BCUT2D eigenvalue weighted by Crippen LogP contribution is -2.05. The summed E-state index contributed by atoms with van der Waals surface area (Å²) in [4.78, 5) is 0. The van der Waals surface area contributed by atoms with Crippen molar-refractivity contribution in [2.75, 3.05) is 0 Å². The van der Waals surface area contributed by atoms with Gasteiger partial charge in [0.15, 0.2) is 0 Å². The summed E-state index contributed by atoms with van der Waals surface area (Å²) < 4.78 is 1.97. The van der Waals surface area contributed by atoms with Crippen LogP contribution in [0.3, 0.4) is 0 Å². The first-order valence-corrected chi connectivity index (χ1v) is 5.34. The van der Waals surface area contributed by atoms with Crippen molar-refractivity contribution < 1.29 is 5.11 Å². The van der Waals surface area contributed by atoms with E-state index in [1.165, 1.54) is 5.56 Å². The molecule has 0 spiro atoms. The summed E-state index contributed by atoms with van der Waals surface area (Å²) in [6.45, 7) is 7.06. The number of nitrogens with zero attached hydrogens (tertiary/aromatic N) is 2. The van der Waals surface area contributed by atoms with Gasteiger partial charge in [0.05, 0.1) is 12.3 Å². The first-order chi connectivity index (χ1) is 6.63. The fraction of sp³-hybridized carbons (Fsp3) is 0.727. The molecule has 0 aliphatic carbocycles. The van der Waals surface area contributed by atoms with Gasteiger partial charge < -0.3 is 5.11 Å². The molecule has 1 rings (SSSR count). The zero-order chi connectivity index (χ0) is 10.6. The molecule has 1 N–H and O–H groups in total. The second kappa shape index (κ2) is 5.15. The Balaban J connectivity index is 2.57. The van der Waals surface area contributed by atoms with E-state index in [-0.39, 0.29) is 6.10 Å². The van der Waals surface area contributed by atoms with E-state index < -0.39 is 0 Å². The molecule has 1 aromatic rings. The molecule has 1 aromatic heterocycles. The van der Waals surface area contributed by atoms with Gasteiger partial charge in [0.2, 0.25) is 0 Å². The summed E-state index contributed by atoms with van der Waals surface area (Å²) in [6.07, 6.45) is 5.66. The monoisotopic (exact) mass is 196 g/mol. The molecule has 2 unspecified atom stereocenters. The first kappa shape index (κ1) is 11.2. The highest BCUT2D eigenvalue weighted by Crippen LogP contribution is 2.19. The lowest BCUT2D eigenvalue weighted by atomic mass is 9.99. The predicted octanol–water partition coefficient (Wildman–Crippen LogP) is 2.17. The second-order valence-corrected chi connectivity index (χ2v) is 4.02. The van der Waals surface area contributed by atoms with Crippen molar-refractivity contribution in [1.82, 2.24) is 9.78 Å². The molecule has 3 heteroatoms. The van der Waals surface area contributed by atoms with Crippen molar-refractivity contribution >= 4 is 0 Å². The number of aromatic nitrogens is 2. The zero-order valence-corrected chi connectivity index (χ0v) is 9.27. The Hall–Kier alpha value is -0.830. The highest BCUT2D eigenvalue weighted by atomic mass is 16.3. The van der Waals surface area contributed by atoms with Crippen LogP contribution in [0.1, 0.15) is 45.1 Å². The quantitative estimate of drug-likeness (QED) is 0.783. The SMILES string of the molecule is CCCn1cc(C(C)CC(C)O)cn1. The van der Waals surface area contributed by atoms with Gasteiger partial charge in [0.25, 0.3) is 0 Å². The van der Waals surface area contributed by atoms with Gasteiger partial charge in [-0.15, -0.1) is 0 Å². The van der Waals surface area contributed by atoms with Gasteiger partial charge in [-0.1, -0.05) is 13.8 Å². The summed E-state index contributed by atoms with van der Waals surface area (Å²) in [6, 6.07) is 0. The Kier molecular flexibility index (Phi) is 4.14. The molecule has 0 fully saturated rings. The highest BCUT2D eigenvalue weighted by molar-refractivity contribution is 5.10. The van der Waals surface area contributed by atoms with Crippen molar-refractivity contribution in [3.8, 4) is 0 Å². The summed E-state index contributed by atoms with van der Waals surface area (Å²) >= 11 is 0. The lowest BCUT2D eigenvalue weighted by Gasteiger charge is -2.10. The molecule has 14 heavy (non-hydrogen) atoms. The van der Waals surface area contributed by atoms with E-state index in [1.807, 2.05) is 17.8 Å². The standard InChI is InChI=1S/C11H20N2O/c1-4-5-13-8-11(7-12-13)9(2)6-10(3)14/h7-10,14H,4-6H2,1-3H3. The van der Waals surface area contributed by atoms with E-state index in [9.17, 15) is 5.11 Å². The largest absolute Gasteiger partial charge is 0.393 e. The van der Waals surface area contributed by atoms with Crippen LogP contribution in [-0.4, -0.2) is 21.0 Å². The van der Waals surface area contributed by atoms with Gasteiger partial charge in [-0.2, -0.15) is 5.10 Å². The molecular formula is C11H20N2O. The minimum Gasteiger partial charge on any atom is -0.393 e. The minimum atomic E-state index is -0.237. The second-order valence-electron chi connectivity index (χ2n) is 4.02. The molecule has 0 amide bonds. The van der Waals surface area contributed by atoms with Crippen LogP contribution in [-0.2, 0) is 6.54 Å². The summed E-state index contributed by atoms with van der Waals surface area (Å²) in [5.74, 6) is 0.389. The number of rotatable bonds is 5. The van der Waals surface area contributed by atoms with Gasteiger partial charge in [-0.25, -0.2) is 0 Å². The predicted molar refractivity (Wildman–Crippen MR) is 57.2 cm³/mol. The molecule has 1 heterocycles. The molecule has 0 aromatic carbocycles. The first-order valence-electron chi connectivity index (χ1n) is 5.34. The third-order valence-corrected chi connectivity index (χ3v) is 2.37. The van der Waals surface area contributed by atoms with Crippen molar-refractivity contribution in [3.05, 3.63) is 18.0 Å². The number of hydrogen-bond acceptors (Lipinski definition) is 2. The Morgan fingerprint density at radius 1 is 1.50 bits per heavy atom. The maximum atomic E-state index is 9.27. The third kappa shape index (κ3) is 3.14. The van der Waals surface area contributed by atoms with E-state index >= 15 is 0 Å². The average Bonchev–Trinajstić information content (AvgIpc) is 2.52. The Bertz CT molecular complexity index is 268. The summed E-state index contributed by atoms with van der Waals surface area (Å²) in [5.41, 5.74) is 1.22. The lowest BCUT2D eigenvalue weighted by molar-refractivity contribution is 0.176. The van der Waals surface area contributed by atoms with Gasteiger partial charge in [0, 0.05) is 12.7 Å². The van der Waals surface area contributed by atoms with Crippen molar-refractivity contribution in [2.45, 2.75) is 52.2 Å². The highest BCUT2D eigenvalue weighted by Gasteiger charge is 2.10. The van der Waals surface area contributed by atoms with Crippen LogP contribution in [0.25, 0.3) is 0 Å². The number of hydrogen-bond donors (Lipinski definition) is 1. The molecule has 0 aliphatic heterocycles. The maximum absolute atomic E-state index is 9.27. The van der Waals surface area contributed by atoms with Crippen LogP contribution in [0.2, 0.25) is 0 Å². The van der Waals surface area contributed by atoms with E-state index in [1.54, 1.807) is 0 Å². The van der Waals surface area contributed by atoms with E-state index in [4.69, 9.17) is 0 Å². The molecule has 80 valence electrons. The Labute approximate surface area is 85.8 Å². The van der Waals surface area contributed by atoms with Crippen molar-refractivity contribution in [3.63, 3.8) is 0 Å². The smallest absolute Gasteiger partial charge is 0.0524 e. The maximum Gasteiger partial charge on any atom is 0.0524 e. The zero-order valence-electron chi connectivity index (χ0n) is 9.27.